The number of fused-ring (bicyclic) bond motifs is 1. The second-order valence-electron chi connectivity index (χ2n) is 7.99. The standard InChI is InChI=1S/C22H21ClN2O5/c1-13-11-18-19(14(2)20(13)23)17(26)12-22(30-18)7-9-24(10-8-22)21(27)15-3-5-16(6-4-15)25(28)29/h3-6,11H,7-10,12H2,1-2H3. The molecule has 0 unspecified atom stereocenters. The molecule has 7 nitrogen and oxygen atoms in total. The Morgan fingerprint density at radius 3 is 2.43 bits per heavy atom. The summed E-state index contributed by atoms with van der Waals surface area (Å²) in [6, 6.07) is 7.41. The average molecular weight is 429 g/mol. The van der Waals surface area contributed by atoms with E-state index >= 15 is 0 Å². The van der Waals surface area contributed by atoms with Gasteiger partial charge in [-0.1, -0.05) is 11.6 Å². The van der Waals surface area contributed by atoms with E-state index in [4.69, 9.17) is 16.3 Å². The van der Waals surface area contributed by atoms with Gasteiger partial charge in [0.15, 0.2) is 5.78 Å². The number of non-ortho nitro benzene ring substituents is 1. The van der Waals surface area contributed by atoms with E-state index in [9.17, 15) is 19.7 Å². The van der Waals surface area contributed by atoms with Gasteiger partial charge in [-0.3, -0.25) is 19.7 Å². The number of hydrogen-bond acceptors (Lipinski definition) is 5. The molecule has 0 atom stereocenters. The number of hydrogen-bond donors (Lipinski definition) is 0. The molecule has 0 bridgehead atoms. The summed E-state index contributed by atoms with van der Waals surface area (Å²) in [4.78, 5) is 37.7. The van der Waals surface area contributed by atoms with Crippen LogP contribution in [0, 0.1) is 24.0 Å². The highest BCUT2D eigenvalue weighted by atomic mass is 35.5. The predicted molar refractivity (Wildman–Crippen MR) is 111 cm³/mol. The first-order chi connectivity index (χ1) is 14.2. The lowest BCUT2D eigenvalue weighted by molar-refractivity contribution is -0.384. The Bertz CT molecular complexity index is 1060. The number of ketones is 1. The van der Waals surface area contributed by atoms with E-state index in [1.54, 1.807) is 4.90 Å². The first-order valence-corrected chi connectivity index (χ1v) is 10.1. The maximum absolute atomic E-state index is 12.9. The molecule has 8 heteroatoms. The minimum atomic E-state index is -0.622. The van der Waals surface area contributed by atoms with Crippen LogP contribution in [0.25, 0.3) is 0 Å². The summed E-state index contributed by atoms with van der Waals surface area (Å²) in [5.41, 5.74) is 1.90. The molecule has 2 aliphatic heterocycles. The molecule has 2 aliphatic rings. The number of rotatable bonds is 2. The number of Topliss-reactive ketones (excluding diaryl/α,β-unsaturated/α-hetero) is 1. The van der Waals surface area contributed by atoms with Crippen molar-refractivity contribution in [1.82, 2.24) is 4.90 Å². The summed E-state index contributed by atoms with van der Waals surface area (Å²) in [6.45, 7) is 4.61. The molecule has 0 aromatic heterocycles. The van der Waals surface area contributed by atoms with Crippen molar-refractivity contribution < 1.29 is 19.2 Å². The highest BCUT2D eigenvalue weighted by Crippen LogP contribution is 2.43. The summed E-state index contributed by atoms with van der Waals surface area (Å²) in [7, 11) is 0. The molecule has 0 saturated carbocycles. The molecule has 1 saturated heterocycles. The van der Waals surface area contributed by atoms with E-state index < -0.39 is 10.5 Å². The van der Waals surface area contributed by atoms with Crippen LogP contribution < -0.4 is 4.74 Å². The predicted octanol–water partition coefficient (Wildman–Crippen LogP) is 4.51. The highest BCUT2D eigenvalue weighted by Gasteiger charge is 2.44. The molecule has 1 amide bonds. The van der Waals surface area contributed by atoms with E-state index in [2.05, 4.69) is 0 Å². The molecular formula is C22H21ClN2O5. The maximum atomic E-state index is 12.9. The van der Waals surface area contributed by atoms with Crippen LogP contribution in [0.2, 0.25) is 5.02 Å². The molecule has 2 aromatic rings. The fourth-order valence-corrected chi connectivity index (χ4v) is 4.45. The fourth-order valence-electron chi connectivity index (χ4n) is 4.30. The zero-order valence-electron chi connectivity index (χ0n) is 16.7. The van der Waals surface area contributed by atoms with E-state index in [-0.39, 0.29) is 23.8 Å². The molecule has 0 N–H and O–H groups in total. The molecule has 2 aromatic carbocycles. The Morgan fingerprint density at radius 2 is 1.83 bits per heavy atom. The number of piperidine rings is 1. The normalized spacial score (nSPS) is 17.4. The van der Waals surface area contributed by atoms with E-state index in [0.29, 0.717) is 47.8 Å². The van der Waals surface area contributed by atoms with Crippen LogP contribution in [0.3, 0.4) is 0 Å². The fraction of sp³-hybridized carbons (Fsp3) is 0.364. The van der Waals surface area contributed by atoms with Crippen LogP contribution >= 0.6 is 11.6 Å². The summed E-state index contributed by atoms with van der Waals surface area (Å²) in [5.74, 6) is 0.410. The third kappa shape index (κ3) is 3.43. The van der Waals surface area contributed by atoms with Crippen LogP contribution in [0.15, 0.2) is 30.3 Å². The second-order valence-corrected chi connectivity index (χ2v) is 8.36. The lowest BCUT2D eigenvalue weighted by Gasteiger charge is -2.44. The number of nitrogens with zero attached hydrogens (tertiary/aromatic N) is 2. The molecule has 30 heavy (non-hydrogen) atoms. The van der Waals surface area contributed by atoms with Gasteiger partial charge in [0.05, 0.1) is 16.9 Å². The molecule has 2 heterocycles. The van der Waals surface area contributed by atoms with Crippen molar-refractivity contribution in [3.63, 3.8) is 0 Å². The molecular weight excluding hydrogens is 408 g/mol. The lowest BCUT2D eigenvalue weighted by atomic mass is 9.81. The van der Waals surface area contributed by atoms with Gasteiger partial charge in [0.2, 0.25) is 0 Å². The first-order valence-electron chi connectivity index (χ1n) is 9.76. The average Bonchev–Trinajstić information content (AvgIpc) is 2.72. The van der Waals surface area contributed by atoms with Crippen molar-refractivity contribution in [1.29, 1.82) is 0 Å². The molecule has 156 valence electrons. The third-order valence-corrected chi connectivity index (χ3v) is 6.60. The smallest absolute Gasteiger partial charge is 0.269 e. The van der Waals surface area contributed by atoms with E-state index in [1.165, 1.54) is 24.3 Å². The summed E-state index contributed by atoms with van der Waals surface area (Å²) < 4.78 is 6.33. The number of carbonyl (C=O) groups excluding carboxylic acids is 2. The quantitative estimate of drug-likeness (QED) is 0.518. The second kappa shape index (κ2) is 7.40. The minimum Gasteiger partial charge on any atom is -0.486 e. The number of likely N-dealkylation sites (tertiary alicyclic amines) is 1. The van der Waals surface area contributed by atoms with Gasteiger partial charge in [-0.15, -0.1) is 0 Å². The van der Waals surface area contributed by atoms with Gasteiger partial charge in [-0.25, -0.2) is 0 Å². The van der Waals surface area contributed by atoms with Crippen molar-refractivity contribution in [2.24, 2.45) is 0 Å². The molecule has 0 radical (unpaired) electrons. The summed E-state index contributed by atoms with van der Waals surface area (Å²) in [6.07, 6.45) is 1.34. The number of aryl methyl sites for hydroxylation is 1. The highest BCUT2D eigenvalue weighted by molar-refractivity contribution is 6.32. The van der Waals surface area contributed by atoms with Crippen LogP contribution in [0.1, 0.15) is 51.1 Å². The largest absolute Gasteiger partial charge is 0.486 e. The Labute approximate surface area is 178 Å². The number of benzene rings is 2. The zero-order chi connectivity index (χ0) is 21.6. The van der Waals surface area contributed by atoms with Crippen LogP contribution in [0.5, 0.6) is 5.75 Å². The van der Waals surface area contributed by atoms with Crippen LogP contribution in [-0.4, -0.2) is 40.2 Å². The maximum Gasteiger partial charge on any atom is 0.269 e. The zero-order valence-corrected chi connectivity index (χ0v) is 17.5. The van der Waals surface area contributed by atoms with Gasteiger partial charge >= 0.3 is 0 Å². The molecule has 1 fully saturated rings. The SMILES string of the molecule is Cc1cc2c(c(C)c1Cl)C(=O)CC1(CCN(C(=O)c3ccc([N+](=O)[O-])cc3)CC1)O2. The van der Waals surface area contributed by atoms with Gasteiger partial charge in [0.1, 0.15) is 11.4 Å². The van der Waals surface area contributed by atoms with Gasteiger partial charge < -0.3 is 9.64 Å². The summed E-state index contributed by atoms with van der Waals surface area (Å²) >= 11 is 6.31. The Morgan fingerprint density at radius 1 is 1.20 bits per heavy atom. The number of ether oxygens (including phenoxy) is 1. The first kappa shape index (κ1) is 20.3. The van der Waals surface area contributed by atoms with Crippen molar-refractivity contribution in [2.75, 3.05) is 13.1 Å². The van der Waals surface area contributed by atoms with Gasteiger partial charge in [0.25, 0.3) is 11.6 Å². The number of halogens is 1. The van der Waals surface area contributed by atoms with Gasteiger partial charge in [0, 0.05) is 48.6 Å². The molecule has 1 spiro atoms. The Hall–Kier alpha value is -2.93. The number of carbonyl (C=O) groups is 2. The number of nitro benzene ring substituents is 1. The van der Waals surface area contributed by atoms with E-state index in [0.717, 1.165) is 11.1 Å². The van der Waals surface area contributed by atoms with Crippen molar-refractivity contribution >= 4 is 29.0 Å². The molecule has 0 aliphatic carbocycles. The lowest BCUT2D eigenvalue weighted by Crippen LogP contribution is -2.52. The Kier molecular flexibility index (Phi) is 5.02. The summed E-state index contributed by atoms with van der Waals surface area (Å²) in [5, 5.41) is 11.4. The Balaban J connectivity index is 1.50. The molecule has 4 rings (SSSR count). The van der Waals surface area contributed by atoms with Crippen molar-refractivity contribution in [2.45, 2.75) is 38.7 Å². The van der Waals surface area contributed by atoms with Crippen molar-refractivity contribution in [3.8, 4) is 5.75 Å². The topological polar surface area (TPSA) is 89.8 Å². The van der Waals surface area contributed by atoms with Gasteiger partial charge in [-0.2, -0.15) is 0 Å². The number of amides is 1. The third-order valence-electron chi connectivity index (χ3n) is 6.02. The van der Waals surface area contributed by atoms with Crippen molar-refractivity contribution in [3.05, 3.63) is 67.7 Å². The number of nitro groups is 1. The van der Waals surface area contributed by atoms with Gasteiger partial charge in [-0.05, 0) is 43.2 Å². The van der Waals surface area contributed by atoms with E-state index in [1.807, 2.05) is 19.9 Å². The minimum absolute atomic E-state index is 0.0193. The van der Waals surface area contributed by atoms with Crippen LogP contribution in [0.4, 0.5) is 5.69 Å². The monoisotopic (exact) mass is 428 g/mol. The van der Waals surface area contributed by atoms with Crippen LogP contribution in [-0.2, 0) is 0 Å².